The number of carbonyl (C=O) groups excluding carboxylic acids is 3. The molecule has 0 aliphatic heterocycles. The number of unbranched alkanes of at least 4 members (excludes halogenated alkanes) is 25. The molecule has 2 unspecified atom stereocenters. The van der Waals surface area contributed by atoms with E-state index in [9.17, 15) is 19.5 Å². The van der Waals surface area contributed by atoms with Gasteiger partial charge in [-0.25, -0.2) is 0 Å². The molecule has 0 aromatic heterocycles. The highest BCUT2D eigenvalue weighted by Gasteiger charge is 2.22. The van der Waals surface area contributed by atoms with Crippen LogP contribution >= 0.6 is 0 Å². The summed E-state index contributed by atoms with van der Waals surface area (Å²) in [6.07, 6.45) is 74.8. The Morgan fingerprint density at radius 1 is 0.408 bits per heavy atom. The first-order valence-electron chi connectivity index (χ1n) is 30.9. The minimum Gasteiger partial charge on any atom is -0.545 e. The highest BCUT2D eigenvalue weighted by molar-refractivity contribution is 5.70. The molecule has 0 fully saturated rings. The van der Waals surface area contributed by atoms with Gasteiger partial charge in [-0.1, -0.05) is 239 Å². The fraction of sp³-hybridized carbons (Fsp3) is 0.716. The van der Waals surface area contributed by atoms with E-state index in [0.29, 0.717) is 17.4 Å². The number of ether oxygens (including phenoxy) is 4. The van der Waals surface area contributed by atoms with Crippen LogP contribution in [0.3, 0.4) is 0 Å². The van der Waals surface area contributed by atoms with Gasteiger partial charge in [0.2, 0.25) is 0 Å². The van der Waals surface area contributed by atoms with Crippen molar-refractivity contribution in [1.82, 2.24) is 0 Å². The van der Waals surface area contributed by atoms with Crippen LogP contribution in [-0.4, -0.2) is 82.3 Å². The van der Waals surface area contributed by atoms with E-state index < -0.39 is 24.3 Å². The molecule has 0 spiro atoms. The molecule has 0 aliphatic rings. The lowest BCUT2D eigenvalue weighted by Crippen LogP contribution is -2.44. The lowest BCUT2D eigenvalue weighted by molar-refractivity contribution is -0.870. The number of hydrogen-bond acceptors (Lipinski definition) is 8. The normalized spacial score (nSPS) is 13.4. The van der Waals surface area contributed by atoms with Crippen LogP contribution in [0.5, 0.6) is 0 Å². The van der Waals surface area contributed by atoms with E-state index in [1.54, 1.807) is 0 Å². The molecule has 0 radical (unpaired) electrons. The van der Waals surface area contributed by atoms with E-state index in [0.717, 1.165) is 103 Å². The number of carbonyl (C=O) groups is 3. The molecule has 0 aliphatic carbocycles. The molecule has 0 aromatic carbocycles. The molecule has 0 rings (SSSR count). The molecule has 2 atom stereocenters. The third kappa shape index (κ3) is 57.9. The number of carboxylic acids is 1. The number of carboxylic acid groups (broad SMARTS) is 1. The van der Waals surface area contributed by atoms with Crippen molar-refractivity contribution in [3.8, 4) is 0 Å². The Morgan fingerprint density at radius 2 is 0.750 bits per heavy atom. The zero-order valence-corrected chi connectivity index (χ0v) is 49.6. The van der Waals surface area contributed by atoms with Crippen LogP contribution in [0.25, 0.3) is 0 Å². The SMILES string of the molecule is CC/C=C\C/C=C\C/C=C\C/C=C\C/C=C\C/C=C\C/C=C\CCCCCCCCCCCCCCCCCCCC(=O)OC(COC(=O)CCCCCCC/C=C\CCCCC)COC(OCC[N+](C)(C)C)C(=O)[O-]. The number of likely N-dealkylation sites (N-methyl/N-ethyl adjacent to an activating group) is 1. The van der Waals surface area contributed by atoms with Crippen molar-refractivity contribution < 1.29 is 42.9 Å². The van der Waals surface area contributed by atoms with E-state index >= 15 is 0 Å². The fourth-order valence-electron chi connectivity index (χ4n) is 8.34. The minimum atomic E-state index is -1.62. The Kier molecular flexibility index (Phi) is 54.5. The number of nitrogens with zero attached hydrogens (tertiary/aromatic N) is 1. The van der Waals surface area contributed by atoms with Gasteiger partial charge in [-0.15, -0.1) is 0 Å². The molecule has 0 saturated heterocycles. The van der Waals surface area contributed by atoms with E-state index in [1.165, 1.54) is 116 Å². The first kappa shape index (κ1) is 72.2. The molecule has 0 saturated carbocycles. The van der Waals surface area contributed by atoms with Gasteiger partial charge >= 0.3 is 11.9 Å². The Hall–Kier alpha value is -3.79. The van der Waals surface area contributed by atoms with Crippen LogP contribution in [0.15, 0.2) is 97.2 Å². The van der Waals surface area contributed by atoms with Crippen molar-refractivity contribution in [2.45, 2.75) is 264 Å². The van der Waals surface area contributed by atoms with Crippen molar-refractivity contribution >= 4 is 17.9 Å². The van der Waals surface area contributed by atoms with Gasteiger partial charge in [-0.2, -0.15) is 0 Å². The van der Waals surface area contributed by atoms with Gasteiger partial charge in [0.25, 0.3) is 0 Å². The van der Waals surface area contributed by atoms with Gasteiger partial charge in [-0.05, 0) is 96.3 Å². The van der Waals surface area contributed by atoms with Crippen molar-refractivity contribution in [3.63, 3.8) is 0 Å². The molecule has 9 heteroatoms. The Balaban J connectivity index is 4.02. The quantitative estimate of drug-likeness (QED) is 0.0195. The summed E-state index contributed by atoms with van der Waals surface area (Å²) >= 11 is 0. The number of quaternary nitrogens is 1. The Bertz CT molecular complexity index is 1570. The topological polar surface area (TPSA) is 111 Å². The third-order valence-corrected chi connectivity index (χ3v) is 13.1. The summed E-state index contributed by atoms with van der Waals surface area (Å²) < 4.78 is 22.7. The second kappa shape index (κ2) is 57.4. The summed E-state index contributed by atoms with van der Waals surface area (Å²) in [5.41, 5.74) is 0. The number of aliphatic carboxylic acids is 1. The highest BCUT2D eigenvalue weighted by atomic mass is 16.7. The molecule has 9 nitrogen and oxygen atoms in total. The van der Waals surface area contributed by atoms with Crippen LogP contribution in [0.1, 0.15) is 251 Å². The largest absolute Gasteiger partial charge is 0.545 e. The van der Waals surface area contributed by atoms with Gasteiger partial charge in [-0.3, -0.25) is 9.59 Å². The van der Waals surface area contributed by atoms with E-state index in [2.05, 4.69) is 111 Å². The zero-order chi connectivity index (χ0) is 55.5. The molecule has 76 heavy (non-hydrogen) atoms. The monoisotopic (exact) mass is 1060 g/mol. The summed E-state index contributed by atoms with van der Waals surface area (Å²) in [4.78, 5) is 37.2. The van der Waals surface area contributed by atoms with Crippen molar-refractivity contribution in [2.75, 3.05) is 47.5 Å². The summed E-state index contributed by atoms with van der Waals surface area (Å²) in [6, 6.07) is 0. The van der Waals surface area contributed by atoms with Crippen LogP contribution in [-0.2, 0) is 33.3 Å². The number of allylic oxidation sites excluding steroid dienone is 16. The third-order valence-electron chi connectivity index (χ3n) is 13.1. The predicted octanol–water partition coefficient (Wildman–Crippen LogP) is 17.2. The molecule has 0 heterocycles. The fourth-order valence-corrected chi connectivity index (χ4v) is 8.34. The van der Waals surface area contributed by atoms with Crippen LogP contribution < -0.4 is 5.11 Å². The van der Waals surface area contributed by atoms with Gasteiger partial charge in [0.05, 0.1) is 40.3 Å². The number of rotatable bonds is 56. The summed E-state index contributed by atoms with van der Waals surface area (Å²) in [5, 5.41) is 11.8. The summed E-state index contributed by atoms with van der Waals surface area (Å²) in [5.74, 6) is -2.29. The maximum Gasteiger partial charge on any atom is 0.306 e. The lowest BCUT2D eigenvalue weighted by Gasteiger charge is -2.26. The van der Waals surface area contributed by atoms with Crippen molar-refractivity contribution in [2.24, 2.45) is 0 Å². The highest BCUT2D eigenvalue weighted by Crippen LogP contribution is 2.16. The Labute approximate surface area is 467 Å². The molecule has 0 aromatic rings. The second-order valence-corrected chi connectivity index (χ2v) is 21.6. The lowest BCUT2D eigenvalue weighted by atomic mass is 10.0. The standard InChI is InChI=1S/C67H115NO8/c1-6-8-10-12-14-16-18-20-21-22-23-24-25-26-27-28-29-30-31-32-33-34-35-36-37-38-39-40-41-42-43-44-45-46-48-50-52-54-56-58-65(70)76-63(62-75-67(66(71)72)73-60-59-68(3,4)5)61-74-64(69)57-55-53-51-49-47-19-17-15-13-11-9-7-2/h8,10,14-17,20-21,23-24,26-27,29-30,32-33,63,67H,6-7,9,11-13,18-19,22,25,28,31,34-62H2,1-5H3/b10-8-,16-14-,17-15-,21-20-,24-23-,27-26-,30-29-,33-32-. The van der Waals surface area contributed by atoms with Gasteiger partial charge in [0, 0.05) is 12.8 Å². The van der Waals surface area contributed by atoms with E-state index in [1.807, 2.05) is 21.1 Å². The average Bonchev–Trinajstić information content (AvgIpc) is 3.39. The van der Waals surface area contributed by atoms with Gasteiger partial charge in [0.15, 0.2) is 12.4 Å². The average molecular weight is 1060 g/mol. The summed E-state index contributed by atoms with van der Waals surface area (Å²) in [7, 11) is 5.92. The maximum absolute atomic E-state index is 12.9. The molecule has 0 amide bonds. The van der Waals surface area contributed by atoms with Gasteiger partial charge in [0.1, 0.15) is 13.2 Å². The Morgan fingerprint density at radius 3 is 1.13 bits per heavy atom. The molecular weight excluding hydrogens is 947 g/mol. The van der Waals surface area contributed by atoms with Crippen molar-refractivity contribution in [1.29, 1.82) is 0 Å². The van der Waals surface area contributed by atoms with Crippen LogP contribution in [0.4, 0.5) is 0 Å². The predicted molar refractivity (Wildman–Crippen MR) is 320 cm³/mol. The van der Waals surface area contributed by atoms with E-state index in [4.69, 9.17) is 18.9 Å². The minimum absolute atomic E-state index is 0.145. The van der Waals surface area contributed by atoms with E-state index in [-0.39, 0.29) is 38.6 Å². The van der Waals surface area contributed by atoms with Crippen molar-refractivity contribution in [3.05, 3.63) is 97.2 Å². The first-order valence-corrected chi connectivity index (χ1v) is 30.9. The maximum atomic E-state index is 12.9. The number of hydrogen-bond donors (Lipinski definition) is 0. The first-order chi connectivity index (χ1) is 37.1. The molecule has 0 bridgehead atoms. The molecular formula is C67H115NO8. The zero-order valence-electron chi connectivity index (χ0n) is 49.6. The van der Waals surface area contributed by atoms with Crippen LogP contribution in [0.2, 0.25) is 0 Å². The number of esters is 2. The summed E-state index contributed by atoms with van der Waals surface area (Å²) in [6.45, 7) is 4.60. The van der Waals surface area contributed by atoms with Crippen LogP contribution in [0, 0.1) is 0 Å². The second-order valence-electron chi connectivity index (χ2n) is 21.6. The van der Waals surface area contributed by atoms with Gasteiger partial charge < -0.3 is 33.3 Å². The smallest absolute Gasteiger partial charge is 0.306 e. The molecule has 0 N–H and O–H groups in total. The molecule has 436 valence electrons.